The highest BCUT2D eigenvalue weighted by atomic mass is 32.1. The van der Waals surface area contributed by atoms with E-state index in [1.165, 1.54) is 16.2 Å². The summed E-state index contributed by atoms with van der Waals surface area (Å²) in [5, 5.41) is 2.84. The number of hydrogen-bond donors (Lipinski definition) is 1. The fourth-order valence-corrected chi connectivity index (χ4v) is 5.56. The largest absolute Gasteiger partial charge is 0.370 e. The van der Waals surface area contributed by atoms with Crippen LogP contribution < -0.4 is 5.32 Å². The number of likely N-dealkylation sites (tertiary alicyclic amines) is 1. The van der Waals surface area contributed by atoms with Crippen LogP contribution in [0.15, 0.2) is 6.07 Å². The zero-order valence-electron chi connectivity index (χ0n) is 15.7. The first-order valence-corrected chi connectivity index (χ1v) is 10.3. The molecule has 0 aliphatic carbocycles. The molecular weight excluding hydrogens is 366 g/mol. The number of carbonyl (C=O) groups excluding carboxylic acids is 3. The minimum atomic E-state index is -0.388. The van der Waals surface area contributed by atoms with Crippen molar-refractivity contribution in [1.82, 2.24) is 15.1 Å². The number of rotatable bonds is 1. The predicted octanol–water partition coefficient (Wildman–Crippen LogP) is 1.12. The van der Waals surface area contributed by atoms with Crippen molar-refractivity contribution in [3.05, 3.63) is 21.4 Å². The van der Waals surface area contributed by atoms with Crippen LogP contribution in [0.1, 0.15) is 46.8 Å². The van der Waals surface area contributed by atoms with Crippen molar-refractivity contribution < 1.29 is 19.1 Å². The number of nitrogens with one attached hydrogen (secondary N) is 1. The van der Waals surface area contributed by atoms with E-state index in [-0.39, 0.29) is 35.9 Å². The number of piperazine rings is 1. The van der Waals surface area contributed by atoms with Gasteiger partial charge in [0.05, 0.1) is 23.6 Å². The van der Waals surface area contributed by atoms with Gasteiger partial charge in [0.2, 0.25) is 11.8 Å². The van der Waals surface area contributed by atoms with Crippen LogP contribution in [0.25, 0.3) is 0 Å². The molecule has 3 aliphatic rings. The summed E-state index contributed by atoms with van der Waals surface area (Å²) in [4.78, 5) is 41.8. The van der Waals surface area contributed by atoms with Gasteiger partial charge in [0.1, 0.15) is 0 Å². The molecule has 1 unspecified atom stereocenters. The Labute approximate surface area is 162 Å². The number of amides is 3. The van der Waals surface area contributed by atoms with Gasteiger partial charge in [0, 0.05) is 43.9 Å². The molecular formula is C19H25N3O4S. The number of thiophene rings is 1. The summed E-state index contributed by atoms with van der Waals surface area (Å²) in [7, 11) is 0. The standard InChI is InChI=1S/C19H25N3O4S/c1-12-10-22(11-17(24)20-12)18(25)16-9-14-15(27-16)3-8-26-19(14)4-6-21(7-5-19)13(2)23/h9,12H,3-8,10-11H2,1-2H3,(H,20,24). The molecule has 4 rings (SSSR count). The maximum Gasteiger partial charge on any atom is 0.264 e. The van der Waals surface area contributed by atoms with Crippen LogP contribution in [-0.4, -0.2) is 66.3 Å². The third kappa shape index (κ3) is 3.36. The Morgan fingerprint density at radius 1 is 1.30 bits per heavy atom. The lowest BCUT2D eigenvalue weighted by molar-refractivity contribution is -0.138. The van der Waals surface area contributed by atoms with Gasteiger partial charge in [-0.15, -0.1) is 11.3 Å². The van der Waals surface area contributed by atoms with E-state index in [0.717, 1.165) is 24.8 Å². The summed E-state index contributed by atoms with van der Waals surface area (Å²) >= 11 is 1.53. The number of ether oxygens (including phenoxy) is 1. The maximum absolute atomic E-state index is 13.0. The summed E-state index contributed by atoms with van der Waals surface area (Å²) < 4.78 is 6.21. The van der Waals surface area contributed by atoms with Gasteiger partial charge in [0.25, 0.3) is 5.91 Å². The van der Waals surface area contributed by atoms with Gasteiger partial charge in [-0.1, -0.05) is 0 Å². The maximum atomic E-state index is 13.0. The molecule has 2 saturated heterocycles. The van der Waals surface area contributed by atoms with E-state index < -0.39 is 0 Å². The fourth-order valence-electron chi connectivity index (χ4n) is 4.36. The summed E-state index contributed by atoms with van der Waals surface area (Å²) in [5.41, 5.74) is 0.723. The summed E-state index contributed by atoms with van der Waals surface area (Å²) in [6, 6.07) is 1.94. The Kier molecular flexibility index (Phi) is 4.71. The lowest BCUT2D eigenvalue weighted by Crippen LogP contribution is -2.54. The highest BCUT2D eigenvalue weighted by Crippen LogP contribution is 2.44. The molecule has 146 valence electrons. The van der Waals surface area contributed by atoms with E-state index >= 15 is 0 Å². The van der Waals surface area contributed by atoms with Crippen molar-refractivity contribution in [2.75, 3.05) is 32.8 Å². The number of carbonyl (C=O) groups is 3. The molecule has 0 radical (unpaired) electrons. The van der Waals surface area contributed by atoms with E-state index in [1.54, 1.807) is 11.8 Å². The van der Waals surface area contributed by atoms with Crippen LogP contribution in [0.3, 0.4) is 0 Å². The molecule has 1 spiro atoms. The SMILES string of the molecule is CC(=O)N1CCC2(CC1)OCCc1sc(C(=O)N3CC(=O)NC(C)C3)cc12. The minimum Gasteiger partial charge on any atom is -0.370 e. The third-order valence-corrected chi connectivity index (χ3v) is 6.94. The van der Waals surface area contributed by atoms with E-state index in [2.05, 4.69) is 5.32 Å². The first-order valence-electron chi connectivity index (χ1n) is 9.49. The van der Waals surface area contributed by atoms with Crippen molar-refractivity contribution in [2.45, 2.75) is 44.8 Å². The van der Waals surface area contributed by atoms with Crippen LogP contribution in [0.2, 0.25) is 0 Å². The van der Waals surface area contributed by atoms with Gasteiger partial charge in [-0.2, -0.15) is 0 Å². The lowest BCUT2D eigenvalue weighted by atomic mass is 9.82. The van der Waals surface area contributed by atoms with Gasteiger partial charge in [-0.05, 0) is 31.4 Å². The molecule has 2 fully saturated rings. The number of nitrogens with zero attached hydrogens (tertiary/aromatic N) is 2. The summed E-state index contributed by atoms with van der Waals surface area (Å²) in [6.07, 6.45) is 2.32. The topological polar surface area (TPSA) is 79.0 Å². The van der Waals surface area contributed by atoms with Crippen LogP contribution in [0.5, 0.6) is 0 Å². The van der Waals surface area contributed by atoms with Crippen molar-refractivity contribution in [3.8, 4) is 0 Å². The smallest absolute Gasteiger partial charge is 0.264 e. The normalized spacial score (nSPS) is 24.5. The van der Waals surface area contributed by atoms with Crippen molar-refractivity contribution in [2.24, 2.45) is 0 Å². The zero-order chi connectivity index (χ0) is 19.2. The molecule has 7 nitrogen and oxygen atoms in total. The number of piperidine rings is 1. The van der Waals surface area contributed by atoms with Crippen molar-refractivity contribution in [3.63, 3.8) is 0 Å². The zero-order valence-corrected chi connectivity index (χ0v) is 16.6. The molecule has 3 amide bonds. The van der Waals surface area contributed by atoms with E-state index in [0.29, 0.717) is 31.1 Å². The molecule has 8 heteroatoms. The highest BCUT2D eigenvalue weighted by molar-refractivity contribution is 7.14. The Balaban J connectivity index is 1.57. The van der Waals surface area contributed by atoms with E-state index in [1.807, 2.05) is 17.9 Å². The summed E-state index contributed by atoms with van der Waals surface area (Å²) in [6.45, 7) is 6.15. The first-order chi connectivity index (χ1) is 12.9. The second kappa shape index (κ2) is 6.91. The van der Waals surface area contributed by atoms with E-state index in [9.17, 15) is 14.4 Å². The van der Waals surface area contributed by atoms with Crippen molar-refractivity contribution >= 4 is 29.1 Å². The second-order valence-electron chi connectivity index (χ2n) is 7.70. The molecule has 1 N–H and O–H groups in total. The average Bonchev–Trinajstić information content (AvgIpc) is 3.06. The quantitative estimate of drug-likeness (QED) is 0.778. The predicted molar refractivity (Wildman–Crippen MR) is 101 cm³/mol. The van der Waals surface area contributed by atoms with Gasteiger partial charge >= 0.3 is 0 Å². The molecule has 3 aliphatic heterocycles. The van der Waals surface area contributed by atoms with Crippen LogP contribution >= 0.6 is 11.3 Å². The Morgan fingerprint density at radius 3 is 2.70 bits per heavy atom. The van der Waals surface area contributed by atoms with Gasteiger partial charge in [-0.25, -0.2) is 0 Å². The Bertz CT molecular complexity index is 782. The molecule has 0 saturated carbocycles. The Morgan fingerprint density at radius 2 is 2.04 bits per heavy atom. The first kappa shape index (κ1) is 18.4. The lowest BCUT2D eigenvalue weighted by Gasteiger charge is -2.43. The van der Waals surface area contributed by atoms with Gasteiger partial charge in [-0.3, -0.25) is 14.4 Å². The minimum absolute atomic E-state index is 0.0321. The molecule has 4 heterocycles. The van der Waals surface area contributed by atoms with Crippen LogP contribution in [0.4, 0.5) is 0 Å². The molecule has 1 aromatic rings. The highest BCUT2D eigenvalue weighted by Gasteiger charge is 2.43. The molecule has 1 atom stereocenters. The monoisotopic (exact) mass is 391 g/mol. The number of hydrogen-bond acceptors (Lipinski definition) is 5. The van der Waals surface area contributed by atoms with E-state index in [4.69, 9.17) is 4.74 Å². The number of fused-ring (bicyclic) bond motifs is 2. The molecule has 0 aromatic carbocycles. The molecule has 27 heavy (non-hydrogen) atoms. The average molecular weight is 391 g/mol. The summed E-state index contributed by atoms with van der Waals surface area (Å²) in [5.74, 6) is -0.0909. The van der Waals surface area contributed by atoms with Gasteiger partial charge < -0.3 is 19.9 Å². The van der Waals surface area contributed by atoms with Gasteiger partial charge in [0.15, 0.2) is 0 Å². The van der Waals surface area contributed by atoms with Crippen molar-refractivity contribution in [1.29, 1.82) is 0 Å². The van der Waals surface area contributed by atoms with Crippen LogP contribution in [0, 0.1) is 0 Å². The third-order valence-electron chi connectivity index (χ3n) is 5.76. The molecule has 1 aromatic heterocycles. The van der Waals surface area contributed by atoms with Crippen LogP contribution in [-0.2, 0) is 26.3 Å². The molecule has 0 bridgehead atoms. The fraction of sp³-hybridized carbons (Fsp3) is 0.632. The second-order valence-corrected chi connectivity index (χ2v) is 8.84. The Hall–Kier alpha value is -1.93.